The van der Waals surface area contributed by atoms with E-state index in [1.165, 1.54) is 11.2 Å². The van der Waals surface area contributed by atoms with Crippen molar-refractivity contribution in [2.24, 2.45) is 11.8 Å². The van der Waals surface area contributed by atoms with Crippen molar-refractivity contribution >= 4 is 23.5 Å². The number of carbonyl (C=O) groups excluding carboxylic acids is 2. The molecule has 3 heterocycles. The van der Waals surface area contributed by atoms with Crippen LogP contribution in [0.5, 0.6) is 0 Å². The number of pyridine rings is 1. The number of rotatable bonds is 9. The fraction of sp³-hybridized carbons (Fsp3) is 0.581. The Kier molecular flexibility index (Phi) is 8.62. The molecule has 0 bridgehead atoms. The second kappa shape index (κ2) is 12.1. The molecule has 0 aromatic carbocycles. The Bertz CT molecular complexity index is 1440. The number of hydrogen-bond acceptors (Lipinski definition) is 9. The van der Waals surface area contributed by atoms with Gasteiger partial charge in [0.15, 0.2) is 5.69 Å². The van der Waals surface area contributed by atoms with Gasteiger partial charge in [-0.2, -0.15) is 5.10 Å². The number of aromatic nitrogens is 4. The number of aliphatic hydroxyl groups excluding tert-OH is 1. The van der Waals surface area contributed by atoms with E-state index in [0.717, 1.165) is 38.5 Å². The summed E-state index contributed by atoms with van der Waals surface area (Å²) in [4.78, 5) is 36.6. The quantitative estimate of drug-likeness (QED) is 0.300. The van der Waals surface area contributed by atoms with E-state index < -0.39 is 23.2 Å². The number of nitrogens with one attached hydrogen (secondary N) is 1. The first-order chi connectivity index (χ1) is 20.3. The molecule has 2 aliphatic rings. The molecule has 2 fully saturated rings. The highest BCUT2D eigenvalue weighted by Gasteiger charge is 2.32. The maximum Gasteiger partial charge on any atom is 0.416 e. The van der Waals surface area contributed by atoms with Crippen molar-refractivity contribution in [3.05, 3.63) is 42.2 Å². The number of oxazole rings is 1. The molecule has 232 valence electrons. The highest BCUT2D eigenvalue weighted by molar-refractivity contribution is 6.03. The summed E-state index contributed by atoms with van der Waals surface area (Å²) in [6.07, 6.45) is 9.73. The van der Waals surface area contributed by atoms with Crippen LogP contribution in [0.25, 0.3) is 11.5 Å². The summed E-state index contributed by atoms with van der Waals surface area (Å²) in [5, 5.41) is 27.8. The van der Waals surface area contributed by atoms with E-state index in [0.29, 0.717) is 41.1 Å². The summed E-state index contributed by atoms with van der Waals surface area (Å²) in [7, 11) is 0. The minimum Gasteiger partial charge on any atom is -0.444 e. The molecule has 3 aromatic heterocycles. The molecule has 0 saturated heterocycles. The Morgan fingerprint density at radius 2 is 1.81 bits per heavy atom. The lowest BCUT2D eigenvalue weighted by molar-refractivity contribution is 0.0577. The molecule has 0 spiro atoms. The van der Waals surface area contributed by atoms with Crippen molar-refractivity contribution in [3.63, 3.8) is 0 Å². The minimum atomic E-state index is -1.29. The fourth-order valence-corrected chi connectivity index (χ4v) is 5.25. The molecule has 12 nitrogen and oxygen atoms in total. The summed E-state index contributed by atoms with van der Waals surface area (Å²) >= 11 is 0. The summed E-state index contributed by atoms with van der Waals surface area (Å²) in [5.74, 6) is 0.809. The maximum absolute atomic E-state index is 13.3. The topological polar surface area (TPSA) is 156 Å². The van der Waals surface area contributed by atoms with Gasteiger partial charge in [0.05, 0.1) is 11.7 Å². The van der Waals surface area contributed by atoms with Crippen molar-refractivity contribution in [3.8, 4) is 11.5 Å². The summed E-state index contributed by atoms with van der Waals surface area (Å²) in [6.45, 7) is 9.40. The van der Waals surface area contributed by atoms with E-state index >= 15 is 0 Å². The van der Waals surface area contributed by atoms with Gasteiger partial charge < -0.3 is 24.7 Å². The Hall–Kier alpha value is -3.77. The molecule has 2 saturated carbocycles. The number of nitrogens with zero attached hydrogens (tertiary/aromatic N) is 5. The maximum atomic E-state index is 13.3. The van der Waals surface area contributed by atoms with Crippen molar-refractivity contribution in [1.82, 2.24) is 19.7 Å². The van der Waals surface area contributed by atoms with Gasteiger partial charge in [-0.3, -0.25) is 14.4 Å². The second-order valence-electron chi connectivity index (χ2n) is 13.2. The lowest BCUT2D eigenvalue weighted by Gasteiger charge is -2.27. The van der Waals surface area contributed by atoms with Crippen LogP contribution in [0, 0.1) is 11.8 Å². The van der Waals surface area contributed by atoms with Crippen LogP contribution >= 0.6 is 0 Å². The first-order valence-electron chi connectivity index (χ1n) is 15.0. The van der Waals surface area contributed by atoms with Gasteiger partial charge in [0, 0.05) is 31.1 Å². The zero-order valence-electron chi connectivity index (χ0n) is 25.5. The molecule has 43 heavy (non-hydrogen) atoms. The predicted molar refractivity (Wildman–Crippen MR) is 160 cm³/mol. The lowest BCUT2D eigenvalue weighted by atomic mass is 9.87. The summed E-state index contributed by atoms with van der Waals surface area (Å²) in [6, 6.07) is 3.51. The smallest absolute Gasteiger partial charge is 0.416 e. The molecule has 0 aliphatic heterocycles. The standard InChI is InChI=1S/C31H42N6O6/c1-30(2,3)43-29(40)36(15-19-6-7-19)25-14-21(12-13-32-25)28-34-24(18-42-28)27(39)33-23-16-37(35-26(23)31(4,5)41)22-10-8-20(17-38)9-11-22/h12-14,16,18-20,22,38,41H,6-11,15,17H2,1-5H3,(H,33,39)/t20-,22-. The van der Waals surface area contributed by atoms with Gasteiger partial charge in [-0.25, -0.2) is 14.8 Å². The molecule has 3 N–H and O–H groups in total. The average Bonchev–Trinajstić information content (AvgIpc) is 3.44. The van der Waals surface area contributed by atoms with E-state index in [1.807, 2.05) is 20.8 Å². The summed E-state index contributed by atoms with van der Waals surface area (Å²) < 4.78 is 13.1. The number of hydrogen-bond donors (Lipinski definition) is 3. The zero-order chi connectivity index (χ0) is 30.9. The molecule has 2 amide bonds. The Morgan fingerprint density at radius 1 is 1.12 bits per heavy atom. The number of carbonyl (C=O) groups is 2. The highest BCUT2D eigenvalue weighted by atomic mass is 16.6. The normalized spacial score (nSPS) is 19.2. The largest absolute Gasteiger partial charge is 0.444 e. The van der Waals surface area contributed by atoms with E-state index in [1.54, 1.807) is 43.1 Å². The number of aliphatic hydroxyl groups is 2. The highest BCUT2D eigenvalue weighted by Crippen LogP contribution is 2.35. The summed E-state index contributed by atoms with van der Waals surface area (Å²) in [5.41, 5.74) is -0.595. The van der Waals surface area contributed by atoms with Crippen LogP contribution < -0.4 is 10.2 Å². The van der Waals surface area contributed by atoms with Gasteiger partial charge in [0.2, 0.25) is 5.89 Å². The SMILES string of the molecule is CC(C)(C)OC(=O)N(CC1CC1)c1cc(-c2nc(C(=O)Nc3cn([C@H]4CC[C@H](CO)CC4)nc3C(C)(C)O)co2)ccn1. The second-order valence-corrected chi connectivity index (χ2v) is 13.2. The molecular weight excluding hydrogens is 552 g/mol. The fourth-order valence-electron chi connectivity index (χ4n) is 5.25. The number of anilines is 2. The molecule has 0 unspecified atom stereocenters. The van der Waals surface area contributed by atoms with Gasteiger partial charge >= 0.3 is 6.09 Å². The van der Waals surface area contributed by atoms with E-state index in [-0.39, 0.29) is 24.2 Å². The average molecular weight is 595 g/mol. The van der Waals surface area contributed by atoms with Gasteiger partial charge in [-0.15, -0.1) is 0 Å². The van der Waals surface area contributed by atoms with Crippen LogP contribution in [0.2, 0.25) is 0 Å². The third-order valence-corrected chi connectivity index (χ3v) is 7.77. The van der Waals surface area contributed by atoms with Crippen molar-refractivity contribution in [2.75, 3.05) is 23.4 Å². The molecule has 12 heteroatoms. The molecule has 0 radical (unpaired) electrons. The Morgan fingerprint density at radius 3 is 2.44 bits per heavy atom. The predicted octanol–water partition coefficient (Wildman–Crippen LogP) is 5.29. The first-order valence-corrected chi connectivity index (χ1v) is 15.0. The third-order valence-electron chi connectivity index (χ3n) is 7.77. The number of amides is 2. The van der Waals surface area contributed by atoms with Gasteiger partial charge in [-0.1, -0.05) is 0 Å². The monoisotopic (exact) mass is 594 g/mol. The molecule has 0 atom stereocenters. The van der Waals surface area contributed by atoms with Crippen LogP contribution in [0.3, 0.4) is 0 Å². The van der Waals surface area contributed by atoms with Gasteiger partial charge in [0.25, 0.3) is 5.91 Å². The molecular formula is C31H42N6O6. The lowest BCUT2D eigenvalue weighted by Crippen LogP contribution is -2.38. The van der Waals surface area contributed by atoms with Gasteiger partial charge in [-0.05, 0) is 97.1 Å². The third kappa shape index (κ3) is 7.61. The van der Waals surface area contributed by atoms with Crippen LogP contribution in [-0.4, -0.2) is 60.7 Å². The first kappa shape index (κ1) is 30.7. The van der Waals surface area contributed by atoms with Crippen LogP contribution in [0.1, 0.15) is 95.4 Å². The van der Waals surface area contributed by atoms with E-state index in [4.69, 9.17) is 9.15 Å². The zero-order valence-corrected chi connectivity index (χ0v) is 25.5. The van der Waals surface area contributed by atoms with Gasteiger partial charge in [0.1, 0.15) is 29.0 Å². The number of ether oxygens (including phenoxy) is 1. The van der Waals surface area contributed by atoms with Crippen molar-refractivity contribution in [2.45, 2.75) is 90.4 Å². The van der Waals surface area contributed by atoms with Crippen molar-refractivity contribution < 1.29 is 29.0 Å². The van der Waals surface area contributed by atoms with E-state index in [2.05, 4.69) is 20.4 Å². The Labute approximate surface area is 251 Å². The molecule has 5 rings (SSSR count). The van der Waals surface area contributed by atoms with Crippen LogP contribution in [0.15, 0.2) is 35.2 Å². The molecule has 2 aliphatic carbocycles. The van der Waals surface area contributed by atoms with Crippen LogP contribution in [-0.2, 0) is 10.3 Å². The Balaban J connectivity index is 1.33. The van der Waals surface area contributed by atoms with Crippen LogP contribution in [0.4, 0.5) is 16.3 Å². The minimum absolute atomic E-state index is 0.0493. The van der Waals surface area contributed by atoms with Crippen molar-refractivity contribution in [1.29, 1.82) is 0 Å². The van der Waals surface area contributed by atoms with E-state index in [9.17, 15) is 19.8 Å². The molecule has 3 aromatic rings.